The van der Waals surface area contributed by atoms with Crippen LogP contribution >= 0.6 is 0 Å². The van der Waals surface area contributed by atoms with E-state index in [1.165, 1.54) is 18.2 Å². The lowest BCUT2D eigenvalue weighted by atomic mass is 10.2. The van der Waals surface area contributed by atoms with Crippen molar-refractivity contribution in [3.05, 3.63) is 71.9 Å². The Labute approximate surface area is 131 Å². The third-order valence-electron chi connectivity index (χ3n) is 3.19. The van der Waals surface area contributed by atoms with Gasteiger partial charge in [-0.3, -0.25) is 0 Å². The van der Waals surface area contributed by atoms with Gasteiger partial charge in [-0.1, -0.05) is 30.3 Å². The predicted octanol–water partition coefficient (Wildman–Crippen LogP) is 3.79. The van der Waals surface area contributed by atoms with Gasteiger partial charge in [0.1, 0.15) is 5.82 Å². The Kier molecular flexibility index (Phi) is 4.14. The van der Waals surface area contributed by atoms with Crippen molar-refractivity contribution in [3.63, 3.8) is 0 Å². The summed E-state index contributed by atoms with van der Waals surface area (Å²) in [5.74, 6) is -0.946. The number of halogens is 1. The summed E-state index contributed by atoms with van der Waals surface area (Å²) in [6.45, 7) is 1.58. The van der Waals surface area contributed by atoms with Gasteiger partial charge in [0.15, 0.2) is 6.10 Å². The topological polar surface area (TPSA) is 65.2 Å². The normalized spacial score (nSPS) is 11.9. The first-order valence-corrected chi connectivity index (χ1v) is 6.99. The Hall–Kier alpha value is -3.02. The SMILES string of the molecule is C[C@H](OC(=O)c1ccccc1F)c1nnc(-c2ccccc2)o1. The first kappa shape index (κ1) is 14.9. The fraction of sp³-hybridized carbons (Fsp3) is 0.118. The second kappa shape index (κ2) is 6.39. The Morgan fingerprint density at radius 1 is 1.09 bits per heavy atom. The molecule has 1 aromatic heterocycles. The van der Waals surface area contributed by atoms with Gasteiger partial charge in [-0.05, 0) is 31.2 Å². The number of nitrogens with zero attached hydrogens (tertiary/aromatic N) is 2. The van der Waals surface area contributed by atoms with Crippen LogP contribution in [-0.2, 0) is 4.74 Å². The molecule has 0 amide bonds. The molecular formula is C17H13FN2O3. The highest BCUT2D eigenvalue weighted by Crippen LogP contribution is 2.23. The molecule has 0 aliphatic heterocycles. The highest BCUT2D eigenvalue weighted by atomic mass is 19.1. The third-order valence-corrected chi connectivity index (χ3v) is 3.19. The Balaban J connectivity index is 1.74. The van der Waals surface area contributed by atoms with E-state index < -0.39 is 17.9 Å². The molecule has 1 heterocycles. The van der Waals surface area contributed by atoms with Gasteiger partial charge in [0, 0.05) is 5.56 Å². The zero-order valence-electron chi connectivity index (χ0n) is 12.3. The van der Waals surface area contributed by atoms with E-state index in [4.69, 9.17) is 9.15 Å². The lowest BCUT2D eigenvalue weighted by Gasteiger charge is -2.09. The average molecular weight is 312 g/mol. The average Bonchev–Trinajstić information content (AvgIpc) is 3.06. The number of ether oxygens (including phenoxy) is 1. The van der Waals surface area contributed by atoms with Gasteiger partial charge in [-0.15, -0.1) is 10.2 Å². The summed E-state index contributed by atoms with van der Waals surface area (Å²) in [5, 5.41) is 7.80. The summed E-state index contributed by atoms with van der Waals surface area (Å²) >= 11 is 0. The minimum absolute atomic E-state index is 0.137. The quantitative estimate of drug-likeness (QED) is 0.686. The van der Waals surface area contributed by atoms with Gasteiger partial charge in [-0.25, -0.2) is 9.18 Å². The van der Waals surface area contributed by atoms with Gasteiger partial charge < -0.3 is 9.15 Å². The minimum atomic E-state index is -0.785. The van der Waals surface area contributed by atoms with E-state index in [2.05, 4.69) is 10.2 Å². The molecule has 0 saturated heterocycles. The number of hydrogen-bond donors (Lipinski definition) is 0. The Morgan fingerprint density at radius 2 is 1.78 bits per heavy atom. The summed E-state index contributed by atoms with van der Waals surface area (Å²) in [6.07, 6.45) is -0.785. The number of benzene rings is 2. The van der Waals surface area contributed by atoms with E-state index in [9.17, 15) is 9.18 Å². The van der Waals surface area contributed by atoms with Crippen LogP contribution in [0, 0.1) is 5.82 Å². The van der Waals surface area contributed by atoms with Crippen LogP contribution in [0.1, 0.15) is 29.3 Å². The third kappa shape index (κ3) is 3.26. The molecular weight excluding hydrogens is 299 g/mol. The summed E-state index contributed by atoms with van der Waals surface area (Å²) in [5.41, 5.74) is 0.626. The molecule has 0 aliphatic carbocycles. The van der Waals surface area contributed by atoms with Crippen molar-refractivity contribution < 1.29 is 18.3 Å². The zero-order chi connectivity index (χ0) is 16.2. The summed E-state index contributed by atoms with van der Waals surface area (Å²) in [6, 6.07) is 14.8. The second-order valence-corrected chi connectivity index (χ2v) is 4.84. The summed E-state index contributed by atoms with van der Waals surface area (Å²) in [4.78, 5) is 12.0. The number of aromatic nitrogens is 2. The highest BCUT2D eigenvalue weighted by Gasteiger charge is 2.21. The van der Waals surface area contributed by atoms with E-state index in [0.717, 1.165) is 5.56 Å². The fourth-order valence-electron chi connectivity index (χ4n) is 2.00. The zero-order valence-corrected chi connectivity index (χ0v) is 12.3. The molecule has 3 aromatic rings. The largest absolute Gasteiger partial charge is 0.449 e. The summed E-state index contributed by atoms with van der Waals surface area (Å²) < 4.78 is 24.2. The molecule has 5 nitrogen and oxygen atoms in total. The molecule has 0 unspecified atom stereocenters. The van der Waals surface area contributed by atoms with E-state index in [-0.39, 0.29) is 11.5 Å². The van der Waals surface area contributed by atoms with E-state index in [0.29, 0.717) is 5.89 Å². The molecule has 0 saturated carbocycles. The van der Waals surface area contributed by atoms with Crippen molar-refractivity contribution in [1.82, 2.24) is 10.2 Å². The predicted molar refractivity (Wildman–Crippen MR) is 80.0 cm³/mol. The number of carbonyl (C=O) groups excluding carboxylic acids is 1. The monoisotopic (exact) mass is 312 g/mol. The van der Waals surface area contributed by atoms with Crippen LogP contribution in [0.5, 0.6) is 0 Å². The maximum Gasteiger partial charge on any atom is 0.341 e. The van der Waals surface area contributed by atoms with E-state index in [1.807, 2.05) is 30.3 Å². The van der Waals surface area contributed by atoms with E-state index >= 15 is 0 Å². The standard InChI is InChI=1S/C17H13FN2O3/c1-11(22-17(21)13-9-5-6-10-14(13)18)15-19-20-16(23-15)12-7-3-2-4-8-12/h2-11H,1H3/t11-/m0/s1. The maximum atomic E-state index is 13.6. The van der Waals surface area contributed by atoms with Gasteiger partial charge >= 0.3 is 5.97 Å². The molecule has 0 radical (unpaired) electrons. The molecule has 3 rings (SSSR count). The smallest absolute Gasteiger partial charge is 0.341 e. The first-order chi connectivity index (χ1) is 11.1. The highest BCUT2D eigenvalue weighted by molar-refractivity contribution is 5.89. The van der Waals surface area contributed by atoms with Crippen LogP contribution in [0.4, 0.5) is 4.39 Å². The molecule has 1 atom stereocenters. The molecule has 0 aliphatic rings. The number of hydrogen-bond acceptors (Lipinski definition) is 5. The lowest BCUT2D eigenvalue weighted by Crippen LogP contribution is -2.11. The maximum absolute atomic E-state index is 13.6. The van der Waals surface area contributed by atoms with E-state index in [1.54, 1.807) is 13.0 Å². The fourth-order valence-corrected chi connectivity index (χ4v) is 2.00. The molecule has 0 fully saturated rings. The van der Waals surface area contributed by atoms with Crippen LogP contribution < -0.4 is 0 Å². The number of rotatable bonds is 4. The molecule has 0 spiro atoms. The van der Waals surface area contributed by atoms with Gasteiger partial charge in [-0.2, -0.15) is 0 Å². The Morgan fingerprint density at radius 3 is 2.52 bits per heavy atom. The van der Waals surface area contributed by atoms with Crippen LogP contribution in [0.2, 0.25) is 0 Å². The number of esters is 1. The van der Waals surface area contributed by atoms with Crippen LogP contribution in [0.3, 0.4) is 0 Å². The van der Waals surface area contributed by atoms with Crippen molar-refractivity contribution in [1.29, 1.82) is 0 Å². The van der Waals surface area contributed by atoms with Crippen LogP contribution in [0.25, 0.3) is 11.5 Å². The Bertz CT molecular complexity index is 817. The van der Waals surface area contributed by atoms with Crippen LogP contribution in [0.15, 0.2) is 59.0 Å². The first-order valence-electron chi connectivity index (χ1n) is 6.99. The van der Waals surface area contributed by atoms with Crippen molar-refractivity contribution in [3.8, 4) is 11.5 Å². The van der Waals surface area contributed by atoms with Crippen molar-refractivity contribution in [2.24, 2.45) is 0 Å². The van der Waals surface area contributed by atoms with Gasteiger partial charge in [0.2, 0.25) is 5.89 Å². The molecule has 23 heavy (non-hydrogen) atoms. The van der Waals surface area contributed by atoms with Crippen molar-refractivity contribution in [2.75, 3.05) is 0 Å². The molecule has 6 heteroatoms. The molecule has 2 aromatic carbocycles. The minimum Gasteiger partial charge on any atom is -0.449 e. The molecule has 0 bridgehead atoms. The summed E-state index contributed by atoms with van der Waals surface area (Å²) in [7, 11) is 0. The van der Waals surface area contributed by atoms with Crippen molar-refractivity contribution >= 4 is 5.97 Å². The van der Waals surface area contributed by atoms with Gasteiger partial charge in [0.05, 0.1) is 5.56 Å². The molecule has 116 valence electrons. The molecule has 0 N–H and O–H groups in total. The second-order valence-electron chi connectivity index (χ2n) is 4.84. The number of carbonyl (C=O) groups is 1. The van der Waals surface area contributed by atoms with Gasteiger partial charge in [0.25, 0.3) is 5.89 Å². The lowest BCUT2D eigenvalue weighted by molar-refractivity contribution is 0.0274. The van der Waals surface area contributed by atoms with Crippen molar-refractivity contribution in [2.45, 2.75) is 13.0 Å². The van der Waals surface area contributed by atoms with Crippen LogP contribution in [-0.4, -0.2) is 16.2 Å².